The summed E-state index contributed by atoms with van der Waals surface area (Å²) in [5.74, 6) is 0.220. The molecular formula is C22H31ClN2O. The third-order valence-corrected chi connectivity index (χ3v) is 5.05. The van der Waals surface area contributed by atoms with Crippen molar-refractivity contribution in [1.29, 1.82) is 0 Å². The summed E-state index contributed by atoms with van der Waals surface area (Å²) in [5, 5.41) is 0.773. The van der Waals surface area contributed by atoms with E-state index in [1.807, 2.05) is 35.2 Å². The van der Waals surface area contributed by atoms with Gasteiger partial charge in [0.15, 0.2) is 0 Å². The van der Waals surface area contributed by atoms with Crippen molar-refractivity contribution in [2.24, 2.45) is 5.41 Å². The first-order valence-electron chi connectivity index (χ1n) is 9.38. The summed E-state index contributed by atoms with van der Waals surface area (Å²) in [6.07, 6.45) is 3.56. The van der Waals surface area contributed by atoms with E-state index in [0.29, 0.717) is 19.5 Å². The fraction of sp³-hybridized carbons (Fsp3) is 0.500. The number of benzene rings is 1. The van der Waals surface area contributed by atoms with E-state index in [-0.39, 0.29) is 17.4 Å². The van der Waals surface area contributed by atoms with Gasteiger partial charge in [-0.1, -0.05) is 57.5 Å². The van der Waals surface area contributed by atoms with Gasteiger partial charge in [0.05, 0.1) is 6.54 Å². The smallest absolute Gasteiger partial charge is 0.223 e. The van der Waals surface area contributed by atoms with Crippen molar-refractivity contribution >= 4 is 17.5 Å². The molecule has 1 amide bonds. The predicted molar refractivity (Wildman–Crippen MR) is 109 cm³/mol. The molecule has 0 saturated heterocycles. The first-order chi connectivity index (χ1) is 12.2. The standard InChI is InChI=1S/C22H31ClN2O/c1-6-17(2)25(21(26)14-22(3,4)5)16-19-11-9-13-24(19)15-18-10-7-8-12-20(18)23/h7-13,17H,6,14-16H2,1-5H3. The molecule has 2 rings (SSSR count). The van der Waals surface area contributed by atoms with Gasteiger partial charge in [-0.3, -0.25) is 4.79 Å². The van der Waals surface area contributed by atoms with E-state index in [0.717, 1.165) is 22.7 Å². The number of carbonyl (C=O) groups is 1. The lowest BCUT2D eigenvalue weighted by molar-refractivity contribution is -0.136. The Hall–Kier alpha value is -1.74. The second-order valence-corrected chi connectivity index (χ2v) is 8.64. The van der Waals surface area contributed by atoms with Gasteiger partial charge in [-0.05, 0) is 42.5 Å². The van der Waals surface area contributed by atoms with Crippen LogP contribution in [0, 0.1) is 5.41 Å². The molecule has 3 nitrogen and oxygen atoms in total. The minimum absolute atomic E-state index is 0.0116. The average molecular weight is 375 g/mol. The highest BCUT2D eigenvalue weighted by Gasteiger charge is 2.25. The zero-order valence-electron chi connectivity index (χ0n) is 16.6. The van der Waals surface area contributed by atoms with Crippen LogP contribution < -0.4 is 0 Å². The fourth-order valence-corrected chi connectivity index (χ4v) is 3.19. The molecule has 142 valence electrons. The molecule has 1 aromatic carbocycles. The fourth-order valence-electron chi connectivity index (χ4n) is 3.00. The van der Waals surface area contributed by atoms with Crippen LogP contribution in [0.2, 0.25) is 5.02 Å². The topological polar surface area (TPSA) is 25.2 Å². The van der Waals surface area contributed by atoms with Crippen molar-refractivity contribution in [3.05, 3.63) is 58.9 Å². The second-order valence-electron chi connectivity index (χ2n) is 8.24. The maximum Gasteiger partial charge on any atom is 0.223 e. The Morgan fingerprint density at radius 1 is 1.19 bits per heavy atom. The number of amides is 1. The molecule has 26 heavy (non-hydrogen) atoms. The Bertz CT molecular complexity index is 730. The zero-order valence-corrected chi connectivity index (χ0v) is 17.4. The summed E-state index contributed by atoms with van der Waals surface area (Å²) < 4.78 is 2.18. The summed E-state index contributed by atoms with van der Waals surface area (Å²) in [6.45, 7) is 11.9. The molecule has 0 aliphatic rings. The van der Waals surface area contributed by atoms with Gasteiger partial charge in [-0.2, -0.15) is 0 Å². The monoisotopic (exact) mass is 374 g/mol. The summed E-state index contributed by atoms with van der Waals surface area (Å²) in [5.41, 5.74) is 2.21. The van der Waals surface area contributed by atoms with E-state index in [9.17, 15) is 4.79 Å². The molecule has 1 atom stereocenters. The first kappa shape index (κ1) is 20.6. The van der Waals surface area contributed by atoms with E-state index >= 15 is 0 Å². The summed E-state index contributed by atoms with van der Waals surface area (Å²) in [6, 6.07) is 12.3. The molecule has 2 aromatic rings. The number of aromatic nitrogens is 1. The molecule has 1 heterocycles. The maximum atomic E-state index is 12.9. The Labute approximate surface area is 163 Å². The van der Waals surface area contributed by atoms with Crippen LogP contribution in [0.3, 0.4) is 0 Å². The maximum absolute atomic E-state index is 12.9. The Balaban J connectivity index is 2.20. The van der Waals surface area contributed by atoms with Crippen LogP contribution >= 0.6 is 11.6 Å². The van der Waals surface area contributed by atoms with Gasteiger partial charge in [-0.25, -0.2) is 0 Å². The van der Waals surface area contributed by atoms with Gasteiger partial charge < -0.3 is 9.47 Å². The normalized spacial score (nSPS) is 12.8. The summed E-state index contributed by atoms with van der Waals surface area (Å²) >= 11 is 6.32. The third kappa shape index (κ3) is 5.63. The molecule has 1 unspecified atom stereocenters. The number of halogens is 1. The van der Waals surface area contributed by atoms with Crippen molar-refractivity contribution in [2.45, 2.75) is 66.6 Å². The van der Waals surface area contributed by atoms with Crippen molar-refractivity contribution in [3.63, 3.8) is 0 Å². The zero-order chi connectivity index (χ0) is 19.3. The Kier molecular flexibility index (Phi) is 6.94. The van der Waals surface area contributed by atoms with E-state index in [1.54, 1.807) is 0 Å². The lowest BCUT2D eigenvalue weighted by Gasteiger charge is -2.31. The lowest BCUT2D eigenvalue weighted by Crippen LogP contribution is -2.40. The molecule has 0 aliphatic carbocycles. The van der Waals surface area contributed by atoms with Crippen LogP contribution in [0.4, 0.5) is 0 Å². The van der Waals surface area contributed by atoms with Crippen molar-refractivity contribution in [2.75, 3.05) is 0 Å². The van der Waals surface area contributed by atoms with Crippen LogP contribution in [-0.2, 0) is 17.9 Å². The van der Waals surface area contributed by atoms with Crippen molar-refractivity contribution in [3.8, 4) is 0 Å². The highest BCUT2D eigenvalue weighted by Crippen LogP contribution is 2.23. The van der Waals surface area contributed by atoms with Crippen LogP contribution in [0.15, 0.2) is 42.6 Å². The Morgan fingerprint density at radius 3 is 2.50 bits per heavy atom. The molecule has 0 spiro atoms. The van der Waals surface area contributed by atoms with Crippen LogP contribution in [0.25, 0.3) is 0 Å². The minimum Gasteiger partial charge on any atom is -0.345 e. The molecule has 0 N–H and O–H groups in total. The summed E-state index contributed by atoms with van der Waals surface area (Å²) in [4.78, 5) is 14.9. The molecule has 0 aliphatic heterocycles. The van der Waals surface area contributed by atoms with Crippen LogP contribution in [0.1, 0.15) is 58.7 Å². The van der Waals surface area contributed by atoms with E-state index < -0.39 is 0 Å². The number of hydrogen-bond acceptors (Lipinski definition) is 1. The van der Waals surface area contributed by atoms with Crippen LogP contribution in [-0.4, -0.2) is 21.4 Å². The second kappa shape index (κ2) is 8.77. The lowest BCUT2D eigenvalue weighted by atomic mass is 9.91. The molecular weight excluding hydrogens is 344 g/mol. The number of nitrogens with zero attached hydrogens (tertiary/aromatic N) is 2. The quantitative estimate of drug-likeness (QED) is 0.605. The summed E-state index contributed by atoms with van der Waals surface area (Å²) in [7, 11) is 0. The number of hydrogen-bond donors (Lipinski definition) is 0. The van der Waals surface area contributed by atoms with Gasteiger partial charge in [-0.15, -0.1) is 0 Å². The minimum atomic E-state index is -0.0116. The predicted octanol–water partition coefficient (Wildman–Crippen LogP) is 5.75. The van der Waals surface area contributed by atoms with Crippen molar-refractivity contribution < 1.29 is 4.79 Å². The third-order valence-electron chi connectivity index (χ3n) is 4.68. The Morgan fingerprint density at radius 2 is 1.88 bits per heavy atom. The molecule has 1 aromatic heterocycles. The van der Waals surface area contributed by atoms with Gasteiger partial charge >= 0.3 is 0 Å². The molecule has 0 bridgehead atoms. The average Bonchev–Trinajstić information content (AvgIpc) is 2.99. The van der Waals surface area contributed by atoms with Gasteiger partial charge in [0.1, 0.15) is 0 Å². The molecule has 0 saturated carbocycles. The van der Waals surface area contributed by atoms with Crippen LogP contribution in [0.5, 0.6) is 0 Å². The number of carbonyl (C=O) groups excluding carboxylic acids is 1. The van der Waals surface area contributed by atoms with Gasteiger partial charge in [0, 0.05) is 35.9 Å². The number of rotatable bonds is 7. The van der Waals surface area contributed by atoms with Gasteiger partial charge in [0.2, 0.25) is 5.91 Å². The molecule has 0 radical (unpaired) electrons. The SMILES string of the molecule is CCC(C)N(Cc1cccn1Cc1ccccc1Cl)C(=O)CC(C)(C)C. The van der Waals surface area contributed by atoms with E-state index in [4.69, 9.17) is 11.6 Å². The van der Waals surface area contributed by atoms with Gasteiger partial charge in [0.25, 0.3) is 0 Å². The van der Waals surface area contributed by atoms with E-state index in [1.165, 1.54) is 0 Å². The first-order valence-corrected chi connectivity index (χ1v) is 9.76. The molecule has 0 fully saturated rings. The largest absolute Gasteiger partial charge is 0.345 e. The molecule has 4 heteroatoms. The van der Waals surface area contributed by atoms with Crippen molar-refractivity contribution in [1.82, 2.24) is 9.47 Å². The highest BCUT2D eigenvalue weighted by molar-refractivity contribution is 6.31. The van der Waals surface area contributed by atoms with E-state index in [2.05, 4.69) is 51.4 Å². The highest BCUT2D eigenvalue weighted by atomic mass is 35.5.